The molecule has 1 aliphatic heterocycles. The number of hydrogen-bond donors (Lipinski definition) is 1. The average Bonchev–Trinajstić information content (AvgIpc) is 2.64. The van der Waals surface area contributed by atoms with E-state index in [0.29, 0.717) is 5.69 Å². The maximum Gasteiger partial charge on any atom is 0.274 e. The van der Waals surface area contributed by atoms with Crippen LogP contribution < -0.4 is 15.0 Å². The van der Waals surface area contributed by atoms with Gasteiger partial charge in [-0.3, -0.25) is 4.79 Å². The maximum absolute atomic E-state index is 12.4. The summed E-state index contributed by atoms with van der Waals surface area (Å²) in [6.07, 6.45) is 4.34. The fourth-order valence-corrected chi connectivity index (χ4v) is 3.06. The van der Waals surface area contributed by atoms with Crippen LogP contribution in [0, 0.1) is 5.92 Å². The van der Waals surface area contributed by atoms with E-state index in [-0.39, 0.29) is 12.0 Å². The Bertz CT molecular complexity index is 718. The van der Waals surface area contributed by atoms with Gasteiger partial charge in [-0.15, -0.1) is 0 Å². The Hall–Kier alpha value is -2.56. The molecule has 0 radical (unpaired) electrons. The van der Waals surface area contributed by atoms with Crippen LogP contribution in [0.5, 0.6) is 5.75 Å². The van der Waals surface area contributed by atoms with Crippen LogP contribution in [0.15, 0.2) is 42.6 Å². The first-order chi connectivity index (χ1) is 12.5. The van der Waals surface area contributed by atoms with Crippen LogP contribution in [0.2, 0.25) is 0 Å². The molecule has 2 heterocycles. The number of piperidine rings is 1. The van der Waals surface area contributed by atoms with Crippen LogP contribution in [-0.2, 0) is 0 Å². The quantitative estimate of drug-likeness (QED) is 0.868. The van der Waals surface area contributed by atoms with Gasteiger partial charge in [-0.1, -0.05) is 6.92 Å². The van der Waals surface area contributed by atoms with Gasteiger partial charge in [0.15, 0.2) is 0 Å². The second kappa shape index (κ2) is 8.21. The third-order valence-electron chi connectivity index (χ3n) is 4.61. The highest BCUT2D eigenvalue weighted by Gasteiger charge is 2.17. The van der Waals surface area contributed by atoms with Gasteiger partial charge in [0.1, 0.15) is 11.4 Å². The molecule has 5 nitrogen and oxygen atoms in total. The summed E-state index contributed by atoms with van der Waals surface area (Å²) in [5.41, 5.74) is 2.23. The van der Waals surface area contributed by atoms with Gasteiger partial charge >= 0.3 is 0 Å². The molecule has 0 spiro atoms. The molecule has 0 unspecified atom stereocenters. The number of ether oxygens (including phenoxy) is 1. The summed E-state index contributed by atoms with van der Waals surface area (Å²) in [6, 6.07) is 11.1. The molecule has 0 bridgehead atoms. The van der Waals surface area contributed by atoms with Crippen LogP contribution in [0.1, 0.15) is 44.1 Å². The van der Waals surface area contributed by atoms with Gasteiger partial charge in [0.05, 0.1) is 18.0 Å². The van der Waals surface area contributed by atoms with E-state index in [9.17, 15) is 4.79 Å². The summed E-state index contributed by atoms with van der Waals surface area (Å²) in [7, 11) is 0. The third kappa shape index (κ3) is 4.75. The van der Waals surface area contributed by atoms with E-state index in [1.807, 2.05) is 44.2 Å². The van der Waals surface area contributed by atoms with Crippen molar-refractivity contribution in [3.05, 3.63) is 48.3 Å². The zero-order valence-corrected chi connectivity index (χ0v) is 15.7. The van der Waals surface area contributed by atoms with E-state index in [1.165, 1.54) is 12.8 Å². The second-order valence-corrected chi connectivity index (χ2v) is 7.22. The molecule has 0 saturated carbocycles. The fourth-order valence-electron chi connectivity index (χ4n) is 3.06. The monoisotopic (exact) mass is 353 g/mol. The predicted octanol–water partition coefficient (Wildman–Crippen LogP) is 4.36. The molecule has 1 aliphatic rings. The van der Waals surface area contributed by atoms with Crippen LogP contribution in [0.3, 0.4) is 0 Å². The van der Waals surface area contributed by atoms with Gasteiger partial charge in [0.2, 0.25) is 0 Å². The van der Waals surface area contributed by atoms with E-state index in [2.05, 4.69) is 22.1 Å². The fraction of sp³-hybridized carbons (Fsp3) is 0.429. The third-order valence-corrected chi connectivity index (χ3v) is 4.61. The summed E-state index contributed by atoms with van der Waals surface area (Å²) in [5.74, 6) is 1.37. The average molecular weight is 353 g/mol. The molecule has 138 valence electrons. The van der Waals surface area contributed by atoms with Gasteiger partial charge in [0, 0.05) is 18.8 Å². The number of hydrogen-bond acceptors (Lipinski definition) is 4. The normalized spacial score (nSPS) is 15.2. The Kier molecular flexibility index (Phi) is 5.76. The number of anilines is 2. The molecule has 1 N–H and O–H groups in total. The Morgan fingerprint density at radius 1 is 1.15 bits per heavy atom. The first-order valence-electron chi connectivity index (χ1n) is 9.30. The van der Waals surface area contributed by atoms with E-state index >= 15 is 0 Å². The van der Waals surface area contributed by atoms with Crippen molar-refractivity contribution in [3.8, 4) is 5.75 Å². The van der Waals surface area contributed by atoms with Gasteiger partial charge < -0.3 is 15.0 Å². The minimum absolute atomic E-state index is 0.126. The van der Waals surface area contributed by atoms with Crippen molar-refractivity contribution < 1.29 is 9.53 Å². The zero-order valence-electron chi connectivity index (χ0n) is 15.7. The van der Waals surface area contributed by atoms with Crippen molar-refractivity contribution >= 4 is 17.3 Å². The molecule has 2 aromatic rings. The summed E-state index contributed by atoms with van der Waals surface area (Å²) in [4.78, 5) is 19.1. The Balaban J connectivity index is 1.59. The number of pyridine rings is 1. The molecular weight excluding hydrogens is 326 g/mol. The molecule has 1 saturated heterocycles. The first kappa shape index (κ1) is 18.2. The van der Waals surface area contributed by atoms with Crippen molar-refractivity contribution in [3.63, 3.8) is 0 Å². The maximum atomic E-state index is 12.4. The molecule has 1 aromatic heterocycles. The number of carbonyl (C=O) groups is 1. The summed E-state index contributed by atoms with van der Waals surface area (Å²) >= 11 is 0. The largest absolute Gasteiger partial charge is 0.491 e. The second-order valence-electron chi connectivity index (χ2n) is 7.22. The number of rotatable bonds is 5. The van der Waals surface area contributed by atoms with E-state index in [0.717, 1.165) is 36.1 Å². The Morgan fingerprint density at radius 2 is 1.85 bits per heavy atom. The van der Waals surface area contributed by atoms with Crippen molar-refractivity contribution in [2.75, 3.05) is 23.3 Å². The van der Waals surface area contributed by atoms with E-state index in [4.69, 9.17) is 4.74 Å². The molecule has 26 heavy (non-hydrogen) atoms. The Labute approximate surface area is 155 Å². The van der Waals surface area contributed by atoms with Crippen LogP contribution in [0.4, 0.5) is 11.4 Å². The number of nitrogens with one attached hydrogen (secondary N) is 1. The van der Waals surface area contributed by atoms with Crippen molar-refractivity contribution in [1.82, 2.24) is 4.98 Å². The SMILES string of the molecule is CC1CCN(c2ccc(C(=O)Nc3ccc(OC(C)C)cc3)nc2)CC1. The lowest BCUT2D eigenvalue weighted by molar-refractivity contribution is 0.102. The number of aromatic nitrogens is 1. The van der Waals surface area contributed by atoms with E-state index < -0.39 is 0 Å². The van der Waals surface area contributed by atoms with Crippen LogP contribution in [-0.4, -0.2) is 30.1 Å². The molecule has 5 heteroatoms. The highest BCUT2D eigenvalue weighted by Crippen LogP contribution is 2.22. The van der Waals surface area contributed by atoms with E-state index in [1.54, 1.807) is 12.3 Å². The molecule has 0 aliphatic carbocycles. The molecule has 3 rings (SSSR count). The first-order valence-corrected chi connectivity index (χ1v) is 9.30. The van der Waals surface area contributed by atoms with Crippen molar-refractivity contribution in [1.29, 1.82) is 0 Å². The lowest BCUT2D eigenvalue weighted by atomic mass is 9.99. The highest BCUT2D eigenvalue weighted by molar-refractivity contribution is 6.02. The van der Waals surface area contributed by atoms with Crippen LogP contribution in [0.25, 0.3) is 0 Å². The predicted molar refractivity (Wildman–Crippen MR) is 105 cm³/mol. The van der Waals surface area contributed by atoms with Gasteiger partial charge in [-0.2, -0.15) is 0 Å². The minimum atomic E-state index is -0.207. The summed E-state index contributed by atoms with van der Waals surface area (Å²) < 4.78 is 5.61. The molecular formula is C21H27N3O2. The smallest absolute Gasteiger partial charge is 0.274 e. The number of amides is 1. The molecule has 1 amide bonds. The van der Waals surface area contributed by atoms with Crippen molar-refractivity contribution in [2.45, 2.75) is 39.7 Å². The highest BCUT2D eigenvalue weighted by atomic mass is 16.5. The number of nitrogens with zero attached hydrogens (tertiary/aromatic N) is 2. The topological polar surface area (TPSA) is 54.5 Å². The van der Waals surface area contributed by atoms with Crippen LogP contribution >= 0.6 is 0 Å². The van der Waals surface area contributed by atoms with Gasteiger partial charge in [-0.25, -0.2) is 4.98 Å². The Morgan fingerprint density at radius 3 is 2.42 bits per heavy atom. The number of benzene rings is 1. The van der Waals surface area contributed by atoms with Gasteiger partial charge in [0.25, 0.3) is 5.91 Å². The molecule has 1 fully saturated rings. The number of carbonyl (C=O) groups excluding carboxylic acids is 1. The van der Waals surface area contributed by atoms with Crippen molar-refractivity contribution in [2.24, 2.45) is 5.92 Å². The standard InChI is InChI=1S/C21H27N3O2/c1-15(2)26-19-7-4-17(5-8-19)23-21(25)20-9-6-18(14-22-20)24-12-10-16(3)11-13-24/h4-9,14-16H,10-13H2,1-3H3,(H,23,25). The lowest BCUT2D eigenvalue weighted by Gasteiger charge is -2.31. The lowest BCUT2D eigenvalue weighted by Crippen LogP contribution is -2.32. The van der Waals surface area contributed by atoms with Gasteiger partial charge in [-0.05, 0) is 69.0 Å². The summed E-state index contributed by atoms with van der Waals surface area (Å²) in [5, 5.41) is 2.87. The zero-order chi connectivity index (χ0) is 18.5. The molecule has 1 aromatic carbocycles. The molecule has 0 atom stereocenters. The summed E-state index contributed by atoms with van der Waals surface area (Å²) in [6.45, 7) is 8.37. The minimum Gasteiger partial charge on any atom is -0.491 e.